The van der Waals surface area contributed by atoms with Gasteiger partial charge in [0.25, 0.3) is 0 Å². The lowest BCUT2D eigenvalue weighted by molar-refractivity contribution is 1.14. The average Bonchev–Trinajstić information content (AvgIpc) is 2.28. The molecule has 0 aliphatic rings. The number of aliphatic imine (C=N–C) groups is 1. The summed E-state index contributed by atoms with van der Waals surface area (Å²) in [6, 6.07) is 10.5. The lowest BCUT2D eigenvalue weighted by atomic mass is 10.2. The third-order valence-corrected chi connectivity index (χ3v) is 1.53. The van der Waals surface area contributed by atoms with E-state index in [2.05, 4.69) is 48.8 Å². The number of allylic oxidation sites excluding steroid dienone is 1. The van der Waals surface area contributed by atoms with Crippen LogP contribution in [-0.4, -0.2) is 6.72 Å². The summed E-state index contributed by atoms with van der Waals surface area (Å²) >= 11 is 0. The van der Waals surface area contributed by atoms with Crippen LogP contribution in [0.25, 0.3) is 0 Å². The molecule has 1 heteroatoms. The molecule has 72 valence electrons. The van der Waals surface area contributed by atoms with Gasteiger partial charge in [0, 0.05) is 12.3 Å². The van der Waals surface area contributed by atoms with E-state index in [1.165, 1.54) is 17.8 Å². The van der Waals surface area contributed by atoms with Crippen LogP contribution in [-0.2, 0) is 6.42 Å². The summed E-state index contributed by atoms with van der Waals surface area (Å²) in [6.45, 7) is 5.33. The molecule has 0 aliphatic carbocycles. The fourth-order valence-corrected chi connectivity index (χ4v) is 0.809. The van der Waals surface area contributed by atoms with Crippen LogP contribution >= 0.6 is 0 Å². The molecule has 1 nitrogen and oxygen atoms in total. The van der Waals surface area contributed by atoms with Gasteiger partial charge in [0.05, 0.1) is 0 Å². The minimum absolute atomic E-state index is 1.14. The Morgan fingerprint density at radius 3 is 2.36 bits per heavy atom. The minimum atomic E-state index is 1.14. The van der Waals surface area contributed by atoms with Crippen LogP contribution in [0.1, 0.15) is 12.5 Å². The van der Waals surface area contributed by atoms with Gasteiger partial charge in [-0.25, -0.2) is 0 Å². The van der Waals surface area contributed by atoms with Crippen LogP contribution in [0.2, 0.25) is 0 Å². The van der Waals surface area contributed by atoms with Crippen molar-refractivity contribution in [2.45, 2.75) is 13.3 Å². The van der Waals surface area contributed by atoms with E-state index >= 15 is 0 Å². The Labute approximate surface area is 86.2 Å². The van der Waals surface area contributed by atoms with Crippen molar-refractivity contribution < 1.29 is 0 Å². The zero-order valence-corrected chi connectivity index (χ0v) is 8.48. The average molecular weight is 185 g/mol. The number of hydrogen-bond acceptors (Lipinski definition) is 1. The van der Waals surface area contributed by atoms with Gasteiger partial charge in [-0.05, 0) is 18.7 Å². The SMILES string of the molecule is C#C/C=C\N=C.CCc1ccccc1. The van der Waals surface area contributed by atoms with Gasteiger partial charge in [0.2, 0.25) is 0 Å². The minimum Gasteiger partial charge on any atom is -0.272 e. The summed E-state index contributed by atoms with van der Waals surface area (Å²) in [5, 5.41) is 0. The smallest absolute Gasteiger partial charge is 0.0344 e. The standard InChI is InChI=1S/C8H10.C5H5N/c1-2-8-6-4-3-5-7-8;1-3-4-5-6-2/h3-7H,2H2,1H3;1,4-5H,2H2/b;5-4-. The fourth-order valence-electron chi connectivity index (χ4n) is 0.809. The molecule has 1 rings (SSSR count). The molecule has 1 aromatic rings. The summed E-state index contributed by atoms with van der Waals surface area (Å²) in [5.41, 5.74) is 1.41. The molecule has 0 fully saturated rings. The van der Waals surface area contributed by atoms with E-state index in [1.807, 2.05) is 6.07 Å². The first-order valence-electron chi connectivity index (χ1n) is 4.46. The molecule has 0 unspecified atom stereocenters. The number of aryl methyl sites for hydroxylation is 1. The van der Waals surface area contributed by atoms with Crippen LogP contribution in [0.5, 0.6) is 0 Å². The predicted molar refractivity (Wildman–Crippen MR) is 63.3 cm³/mol. The Balaban J connectivity index is 0.000000255. The molecule has 0 N–H and O–H groups in total. The molecule has 0 saturated heterocycles. The highest BCUT2D eigenvalue weighted by Gasteiger charge is 1.79. The second-order valence-electron chi connectivity index (χ2n) is 2.50. The molecule has 1 aromatic carbocycles. The van der Waals surface area contributed by atoms with Gasteiger partial charge in [-0.15, -0.1) is 6.42 Å². The van der Waals surface area contributed by atoms with Gasteiger partial charge >= 0.3 is 0 Å². The third kappa shape index (κ3) is 6.87. The molecule has 0 radical (unpaired) electrons. The van der Waals surface area contributed by atoms with Crippen molar-refractivity contribution in [1.82, 2.24) is 0 Å². The van der Waals surface area contributed by atoms with E-state index in [1.54, 1.807) is 0 Å². The third-order valence-electron chi connectivity index (χ3n) is 1.53. The van der Waals surface area contributed by atoms with Crippen molar-refractivity contribution in [3.63, 3.8) is 0 Å². The second kappa shape index (κ2) is 9.28. The molecule has 14 heavy (non-hydrogen) atoms. The van der Waals surface area contributed by atoms with Gasteiger partial charge < -0.3 is 0 Å². The topological polar surface area (TPSA) is 12.4 Å². The predicted octanol–water partition coefficient (Wildman–Crippen LogP) is 3.08. The summed E-state index contributed by atoms with van der Waals surface area (Å²) in [6.07, 6.45) is 8.87. The van der Waals surface area contributed by atoms with E-state index in [-0.39, 0.29) is 0 Å². The number of hydrogen-bond donors (Lipinski definition) is 0. The van der Waals surface area contributed by atoms with Crippen molar-refractivity contribution in [2.24, 2.45) is 4.99 Å². The molecule has 0 saturated carbocycles. The first-order valence-corrected chi connectivity index (χ1v) is 4.46. The van der Waals surface area contributed by atoms with Gasteiger partial charge in [-0.3, -0.25) is 4.99 Å². The molecule has 0 aromatic heterocycles. The highest BCUT2D eigenvalue weighted by molar-refractivity contribution is 5.26. The first-order chi connectivity index (χ1) is 6.85. The molecule has 0 bridgehead atoms. The van der Waals surface area contributed by atoms with Gasteiger partial charge in [-0.1, -0.05) is 43.2 Å². The Hall–Kier alpha value is -1.81. The van der Waals surface area contributed by atoms with Crippen LogP contribution in [0.4, 0.5) is 0 Å². The van der Waals surface area contributed by atoms with Gasteiger partial charge in [0.15, 0.2) is 0 Å². The summed E-state index contributed by atoms with van der Waals surface area (Å²) in [5.74, 6) is 2.25. The molecule has 0 amide bonds. The molecule has 0 aliphatic heterocycles. The Morgan fingerprint density at radius 1 is 1.43 bits per heavy atom. The van der Waals surface area contributed by atoms with Gasteiger partial charge in [0.1, 0.15) is 0 Å². The lowest BCUT2D eigenvalue weighted by Gasteiger charge is -1.89. The highest BCUT2D eigenvalue weighted by atomic mass is 14.6. The van der Waals surface area contributed by atoms with E-state index < -0.39 is 0 Å². The molecular formula is C13H15N. The van der Waals surface area contributed by atoms with Crippen molar-refractivity contribution in [2.75, 3.05) is 0 Å². The summed E-state index contributed by atoms with van der Waals surface area (Å²) < 4.78 is 0. The van der Waals surface area contributed by atoms with Crippen LogP contribution in [0, 0.1) is 12.3 Å². The van der Waals surface area contributed by atoms with E-state index in [0.717, 1.165) is 6.42 Å². The largest absolute Gasteiger partial charge is 0.272 e. The quantitative estimate of drug-likeness (QED) is 0.496. The summed E-state index contributed by atoms with van der Waals surface area (Å²) in [7, 11) is 0. The first kappa shape index (κ1) is 12.2. The fraction of sp³-hybridized carbons (Fsp3) is 0.154. The number of terminal acetylenes is 1. The summed E-state index contributed by atoms with van der Waals surface area (Å²) in [4.78, 5) is 3.35. The Morgan fingerprint density at radius 2 is 2.07 bits per heavy atom. The molecule has 0 spiro atoms. The monoisotopic (exact) mass is 185 g/mol. The van der Waals surface area contributed by atoms with E-state index in [9.17, 15) is 0 Å². The zero-order chi connectivity index (χ0) is 10.6. The van der Waals surface area contributed by atoms with Crippen molar-refractivity contribution >= 4 is 6.72 Å². The zero-order valence-electron chi connectivity index (χ0n) is 8.48. The lowest BCUT2D eigenvalue weighted by Crippen LogP contribution is -1.73. The van der Waals surface area contributed by atoms with E-state index in [0.29, 0.717) is 0 Å². The maximum absolute atomic E-state index is 4.79. The Kier molecular flexibility index (Phi) is 8.08. The number of nitrogens with zero attached hydrogens (tertiary/aromatic N) is 1. The van der Waals surface area contributed by atoms with Crippen LogP contribution in [0.15, 0.2) is 47.6 Å². The molecular weight excluding hydrogens is 170 g/mol. The van der Waals surface area contributed by atoms with Gasteiger partial charge in [-0.2, -0.15) is 0 Å². The maximum atomic E-state index is 4.79. The molecule has 0 atom stereocenters. The van der Waals surface area contributed by atoms with Crippen LogP contribution in [0.3, 0.4) is 0 Å². The highest BCUT2D eigenvalue weighted by Crippen LogP contribution is 1.96. The van der Waals surface area contributed by atoms with Crippen molar-refractivity contribution in [3.8, 4) is 12.3 Å². The second-order valence-corrected chi connectivity index (χ2v) is 2.50. The Bertz CT molecular complexity index is 304. The van der Waals surface area contributed by atoms with Crippen molar-refractivity contribution in [1.29, 1.82) is 0 Å². The normalized spacial score (nSPS) is 8.57. The van der Waals surface area contributed by atoms with Crippen LogP contribution < -0.4 is 0 Å². The number of benzene rings is 1. The van der Waals surface area contributed by atoms with E-state index in [4.69, 9.17) is 6.42 Å². The van der Waals surface area contributed by atoms with Crippen molar-refractivity contribution in [3.05, 3.63) is 48.2 Å². The number of rotatable bonds is 2. The maximum Gasteiger partial charge on any atom is 0.0344 e. The molecule has 0 heterocycles.